The number of pyridine rings is 3. The number of fused-ring (bicyclic) bond motifs is 1. The van der Waals surface area contributed by atoms with Gasteiger partial charge in [-0.25, -0.2) is 36.5 Å². The Labute approximate surface area is 196 Å². The Morgan fingerprint density at radius 3 is 2.47 bits per heavy atom. The van der Waals surface area contributed by atoms with Crippen molar-refractivity contribution in [3.05, 3.63) is 65.3 Å². The molecule has 3 heterocycles. The van der Waals surface area contributed by atoms with Gasteiger partial charge in [-0.05, 0) is 17.5 Å². The minimum atomic E-state index is -4.52. The molecule has 0 saturated heterocycles. The topological polar surface area (TPSA) is 106 Å². The molecule has 13 heteroatoms. The van der Waals surface area contributed by atoms with Gasteiger partial charge in [0.1, 0.15) is 11.6 Å². The highest BCUT2D eigenvalue weighted by Gasteiger charge is 2.27. The summed E-state index contributed by atoms with van der Waals surface area (Å²) < 4.78 is 77.7. The largest absolute Gasteiger partial charge is 0.480 e. The zero-order valence-electron chi connectivity index (χ0n) is 17.5. The lowest BCUT2D eigenvalue weighted by atomic mass is 10.0. The fourth-order valence-electron chi connectivity index (χ4n) is 3.23. The minimum absolute atomic E-state index is 0.0176. The number of rotatable bonds is 6. The van der Waals surface area contributed by atoms with Gasteiger partial charge in [0.25, 0.3) is 10.0 Å². The third kappa shape index (κ3) is 4.17. The highest BCUT2D eigenvalue weighted by atomic mass is 35.5. The summed E-state index contributed by atoms with van der Waals surface area (Å²) in [4.78, 5) is 10.8. The fourth-order valence-corrected chi connectivity index (χ4v) is 4.61. The Morgan fingerprint density at radius 2 is 1.76 bits per heavy atom. The fraction of sp³-hybridized carbons (Fsp3) is 0.0952. The van der Waals surface area contributed by atoms with Crippen LogP contribution in [0.1, 0.15) is 0 Å². The maximum absolute atomic E-state index is 15.3. The van der Waals surface area contributed by atoms with Crippen molar-refractivity contribution in [2.24, 2.45) is 0 Å². The molecule has 0 unspecified atom stereocenters. The monoisotopic (exact) mass is 509 g/mol. The van der Waals surface area contributed by atoms with E-state index in [1.54, 1.807) is 13.1 Å². The van der Waals surface area contributed by atoms with Crippen molar-refractivity contribution in [2.75, 3.05) is 24.2 Å². The van der Waals surface area contributed by atoms with Gasteiger partial charge in [-0.15, -0.1) is 0 Å². The van der Waals surface area contributed by atoms with Crippen LogP contribution in [0.3, 0.4) is 0 Å². The van der Waals surface area contributed by atoms with Gasteiger partial charge in [0.2, 0.25) is 5.88 Å². The molecule has 0 spiro atoms. The van der Waals surface area contributed by atoms with E-state index in [9.17, 15) is 12.8 Å². The van der Waals surface area contributed by atoms with Gasteiger partial charge in [-0.1, -0.05) is 23.7 Å². The Bertz CT molecular complexity index is 1540. The lowest BCUT2D eigenvalue weighted by Gasteiger charge is -2.14. The molecular weight excluding hydrogens is 495 g/mol. The molecule has 0 aliphatic rings. The average molecular weight is 510 g/mol. The molecule has 4 rings (SSSR count). The van der Waals surface area contributed by atoms with Crippen molar-refractivity contribution in [2.45, 2.75) is 4.90 Å². The first-order valence-corrected chi connectivity index (χ1v) is 11.3. The third-order valence-corrected chi connectivity index (χ3v) is 6.38. The molecule has 0 fully saturated rings. The number of nitrogens with one attached hydrogen (secondary N) is 2. The first kappa shape index (κ1) is 23.5. The molecule has 0 saturated carbocycles. The first-order valence-electron chi connectivity index (χ1n) is 9.49. The van der Waals surface area contributed by atoms with Gasteiger partial charge in [-0.3, -0.25) is 4.72 Å². The SMILES string of the molecule is CNc1cc2ccc(-c3c(F)cnc(NS(=O)(=O)c4cc(Cl)cnc4OC)c3F)c(F)c2cn1. The molecule has 34 heavy (non-hydrogen) atoms. The van der Waals surface area contributed by atoms with E-state index >= 15 is 8.78 Å². The number of nitrogens with zero attached hydrogens (tertiary/aromatic N) is 3. The average Bonchev–Trinajstić information content (AvgIpc) is 2.82. The van der Waals surface area contributed by atoms with E-state index < -0.39 is 49.3 Å². The molecule has 0 amide bonds. The van der Waals surface area contributed by atoms with Crippen molar-refractivity contribution < 1.29 is 26.3 Å². The highest BCUT2D eigenvalue weighted by molar-refractivity contribution is 7.92. The molecule has 4 aromatic rings. The van der Waals surface area contributed by atoms with Gasteiger partial charge in [0, 0.05) is 30.4 Å². The number of aromatic nitrogens is 3. The van der Waals surface area contributed by atoms with E-state index in [0.717, 1.165) is 12.3 Å². The molecule has 0 aliphatic carbocycles. The second kappa shape index (κ2) is 8.95. The highest BCUT2D eigenvalue weighted by Crippen LogP contribution is 2.35. The summed E-state index contributed by atoms with van der Waals surface area (Å²) in [5, 5.41) is 3.24. The summed E-state index contributed by atoms with van der Waals surface area (Å²) in [5.41, 5.74) is -1.24. The van der Waals surface area contributed by atoms with Crippen molar-refractivity contribution in [3.8, 4) is 17.0 Å². The Kier molecular flexibility index (Phi) is 6.19. The van der Waals surface area contributed by atoms with Gasteiger partial charge in [-0.2, -0.15) is 0 Å². The van der Waals surface area contributed by atoms with Crippen LogP contribution in [-0.2, 0) is 10.0 Å². The lowest BCUT2D eigenvalue weighted by Crippen LogP contribution is -2.17. The Hall–Kier alpha value is -3.64. The quantitative estimate of drug-likeness (QED) is 0.391. The van der Waals surface area contributed by atoms with E-state index in [-0.39, 0.29) is 16.3 Å². The number of anilines is 2. The zero-order chi connectivity index (χ0) is 24.6. The number of hydrogen-bond acceptors (Lipinski definition) is 7. The molecule has 0 aliphatic heterocycles. The lowest BCUT2D eigenvalue weighted by molar-refractivity contribution is 0.385. The summed E-state index contributed by atoms with van der Waals surface area (Å²) >= 11 is 5.82. The van der Waals surface area contributed by atoms with E-state index in [2.05, 4.69) is 20.3 Å². The van der Waals surface area contributed by atoms with Crippen molar-refractivity contribution >= 4 is 44.0 Å². The summed E-state index contributed by atoms with van der Waals surface area (Å²) in [7, 11) is -1.70. The predicted molar refractivity (Wildman–Crippen MR) is 121 cm³/mol. The minimum Gasteiger partial charge on any atom is -0.480 e. The third-order valence-electron chi connectivity index (χ3n) is 4.84. The number of hydrogen-bond donors (Lipinski definition) is 2. The molecule has 0 bridgehead atoms. The molecule has 8 nitrogen and oxygen atoms in total. The molecule has 176 valence electrons. The van der Waals surface area contributed by atoms with Gasteiger partial charge in [0.15, 0.2) is 22.3 Å². The molecule has 2 N–H and O–H groups in total. The summed E-state index contributed by atoms with van der Waals surface area (Å²) in [5.74, 6) is -4.25. The number of methoxy groups -OCH3 is 1. The van der Waals surface area contributed by atoms with E-state index in [1.807, 2.05) is 4.72 Å². The molecule has 0 atom stereocenters. The van der Waals surface area contributed by atoms with E-state index in [0.29, 0.717) is 17.4 Å². The van der Waals surface area contributed by atoms with E-state index in [4.69, 9.17) is 16.3 Å². The standard InChI is InChI=1S/C21H15ClF3N5O3S/c1-26-16-5-10-3-4-12(18(24)13(10)8-27-16)17-14(23)9-28-20(19(17)25)30-34(31,32)15-6-11(22)7-29-21(15)33-2/h3-9H,1-2H3,(H,26,27)(H,28,30). The van der Waals surface area contributed by atoms with Crippen molar-refractivity contribution in [3.63, 3.8) is 0 Å². The van der Waals surface area contributed by atoms with Crippen LogP contribution in [-0.4, -0.2) is 37.5 Å². The normalized spacial score (nSPS) is 11.5. The molecular formula is C21H15ClF3N5O3S. The Balaban J connectivity index is 1.82. The van der Waals surface area contributed by atoms with Crippen LogP contribution in [0.5, 0.6) is 5.88 Å². The maximum atomic E-state index is 15.3. The van der Waals surface area contributed by atoms with Crippen molar-refractivity contribution in [1.29, 1.82) is 0 Å². The number of sulfonamides is 1. The van der Waals surface area contributed by atoms with Crippen LogP contribution < -0.4 is 14.8 Å². The van der Waals surface area contributed by atoms with Crippen molar-refractivity contribution in [1.82, 2.24) is 15.0 Å². The smallest absolute Gasteiger partial charge is 0.268 e. The van der Waals surface area contributed by atoms with Crippen LogP contribution in [0, 0.1) is 17.5 Å². The number of ether oxygens (including phenoxy) is 1. The molecule has 0 radical (unpaired) electrons. The van der Waals surface area contributed by atoms with Gasteiger partial charge in [0.05, 0.1) is 23.9 Å². The van der Waals surface area contributed by atoms with Gasteiger partial charge < -0.3 is 10.1 Å². The van der Waals surface area contributed by atoms with Gasteiger partial charge >= 0.3 is 0 Å². The van der Waals surface area contributed by atoms with Crippen LogP contribution in [0.15, 0.2) is 47.8 Å². The van der Waals surface area contributed by atoms with Crippen LogP contribution in [0.25, 0.3) is 21.9 Å². The van der Waals surface area contributed by atoms with E-state index in [1.165, 1.54) is 25.4 Å². The second-order valence-electron chi connectivity index (χ2n) is 6.88. The van der Waals surface area contributed by atoms with Crippen LogP contribution in [0.4, 0.5) is 24.8 Å². The summed E-state index contributed by atoms with van der Waals surface area (Å²) in [6, 6.07) is 5.24. The van der Waals surface area contributed by atoms with Crippen LogP contribution >= 0.6 is 11.6 Å². The number of halogens is 4. The molecule has 1 aromatic carbocycles. The summed E-state index contributed by atoms with van der Waals surface area (Å²) in [6.45, 7) is 0. The second-order valence-corrected chi connectivity index (χ2v) is 8.97. The molecule has 3 aromatic heterocycles. The summed E-state index contributed by atoms with van der Waals surface area (Å²) in [6.07, 6.45) is 2.96. The van der Waals surface area contributed by atoms with Crippen LogP contribution in [0.2, 0.25) is 5.02 Å². The maximum Gasteiger partial charge on any atom is 0.268 e. The Morgan fingerprint density at radius 1 is 1.00 bits per heavy atom. The zero-order valence-corrected chi connectivity index (χ0v) is 19.1. The predicted octanol–water partition coefficient (Wildman–Crippen LogP) is 4.61. The number of benzene rings is 1. The first-order chi connectivity index (χ1) is 16.2.